The normalized spacial score (nSPS) is 11.1. The van der Waals surface area contributed by atoms with Crippen LogP contribution in [0, 0.1) is 0 Å². The Balaban J connectivity index is 2.04. The van der Waals surface area contributed by atoms with E-state index in [4.69, 9.17) is 4.74 Å². The Kier molecular flexibility index (Phi) is 4.79. The third-order valence-corrected chi connectivity index (χ3v) is 3.28. The molecule has 23 heavy (non-hydrogen) atoms. The molecule has 0 saturated heterocycles. The van der Waals surface area contributed by atoms with Crippen molar-refractivity contribution in [1.82, 2.24) is 0 Å². The molecule has 2 rings (SSSR count). The van der Waals surface area contributed by atoms with Crippen molar-refractivity contribution in [3.05, 3.63) is 48.0 Å². The van der Waals surface area contributed by atoms with E-state index in [0.717, 1.165) is 5.56 Å². The Morgan fingerprint density at radius 2 is 1.65 bits per heavy atom. The first kappa shape index (κ1) is 16.7. The van der Waals surface area contributed by atoms with Gasteiger partial charge in [0, 0.05) is 11.8 Å². The maximum atomic E-state index is 12.0. The second-order valence-electron chi connectivity index (χ2n) is 6.31. The van der Waals surface area contributed by atoms with Crippen LogP contribution in [0.25, 0.3) is 0 Å². The number of phenolic OH excluding ortho intramolecular Hbond substituents is 2. The molecule has 1 amide bonds. The minimum Gasteiger partial charge on any atom is -0.508 e. The average Bonchev–Trinajstić information content (AvgIpc) is 2.46. The molecule has 0 heterocycles. The van der Waals surface area contributed by atoms with E-state index < -0.39 is 0 Å². The maximum Gasteiger partial charge on any atom is 0.262 e. The number of hydrogen-bond acceptors (Lipinski definition) is 4. The van der Waals surface area contributed by atoms with Crippen LogP contribution in [-0.4, -0.2) is 22.7 Å². The van der Waals surface area contributed by atoms with Crippen LogP contribution in [0.3, 0.4) is 0 Å². The predicted molar refractivity (Wildman–Crippen MR) is 89.0 cm³/mol. The molecule has 0 aliphatic carbocycles. The smallest absolute Gasteiger partial charge is 0.262 e. The van der Waals surface area contributed by atoms with Crippen LogP contribution in [0.15, 0.2) is 42.5 Å². The summed E-state index contributed by atoms with van der Waals surface area (Å²) in [5.74, 6) is 0.387. The Bertz CT molecular complexity index is 687. The molecule has 2 aromatic rings. The lowest BCUT2D eigenvalue weighted by atomic mass is 9.86. The number of nitrogens with one attached hydrogen (secondary N) is 1. The van der Waals surface area contributed by atoms with Gasteiger partial charge in [0.2, 0.25) is 0 Å². The van der Waals surface area contributed by atoms with Gasteiger partial charge in [-0.1, -0.05) is 26.8 Å². The summed E-state index contributed by atoms with van der Waals surface area (Å²) < 4.78 is 5.58. The molecular weight excluding hydrogens is 294 g/mol. The zero-order valence-corrected chi connectivity index (χ0v) is 13.5. The van der Waals surface area contributed by atoms with Crippen molar-refractivity contribution < 1.29 is 19.7 Å². The van der Waals surface area contributed by atoms with Gasteiger partial charge in [0.1, 0.15) is 17.2 Å². The number of hydrogen-bond donors (Lipinski definition) is 3. The number of benzene rings is 2. The van der Waals surface area contributed by atoms with Crippen molar-refractivity contribution >= 4 is 11.6 Å². The second-order valence-corrected chi connectivity index (χ2v) is 6.31. The van der Waals surface area contributed by atoms with Crippen molar-refractivity contribution in [3.63, 3.8) is 0 Å². The minimum atomic E-state index is -0.320. The fourth-order valence-corrected chi connectivity index (χ4v) is 2.14. The first-order valence-electron chi connectivity index (χ1n) is 7.31. The highest BCUT2D eigenvalue weighted by atomic mass is 16.5. The van der Waals surface area contributed by atoms with E-state index in [1.165, 1.54) is 18.2 Å². The SMILES string of the molecule is CC(C)(C)c1ccc(O)cc1OCC(=O)Nc1ccc(O)cc1. The van der Waals surface area contributed by atoms with Crippen LogP contribution < -0.4 is 10.1 Å². The number of anilines is 1. The highest BCUT2D eigenvalue weighted by molar-refractivity contribution is 5.91. The summed E-state index contributed by atoms with van der Waals surface area (Å²) in [6.07, 6.45) is 0. The number of carbonyl (C=O) groups is 1. The van der Waals surface area contributed by atoms with E-state index >= 15 is 0 Å². The number of phenols is 2. The molecule has 0 aliphatic heterocycles. The van der Waals surface area contributed by atoms with Gasteiger partial charge in [0.25, 0.3) is 5.91 Å². The molecule has 0 bridgehead atoms. The zero-order chi connectivity index (χ0) is 17.0. The van der Waals surface area contributed by atoms with E-state index in [1.54, 1.807) is 24.3 Å². The van der Waals surface area contributed by atoms with E-state index in [9.17, 15) is 15.0 Å². The summed E-state index contributed by atoms with van der Waals surface area (Å²) in [5.41, 5.74) is 1.31. The van der Waals surface area contributed by atoms with Gasteiger partial charge in [-0.3, -0.25) is 4.79 Å². The van der Waals surface area contributed by atoms with Gasteiger partial charge in [-0.05, 0) is 41.3 Å². The van der Waals surface area contributed by atoms with Gasteiger partial charge in [-0.15, -0.1) is 0 Å². The lowest BCUT2D eigenvalue weighted by molar-refractivity contribution is -0.118. The molecule has 0 aliphatic rings. The minimum absolute atomic E-state index is 0.0898. The van der Waals surface area contributed by atoms with Crippen molar-refractivity contribution in [1.29, 1.82) is 0 Å². The number of ether oxygens (including phenoxy) is 1. The predicted octanol–water partition coefficient (Wildman–Crippen LogP) is 3.41. The lowest BCUT2D eigenvalue weighted by Gasteiger charge is -2.22. The Hall–Kier alpha value is -2.69. The van der Waals surface area contributed by atoms with Crippen LogP contribution in [0.1, 0.15) is 26.3 Å². The van der Waals surface area contributed by atoms with Crippen molar-refractivity contribution in [2.75, 3.05) is 11.9 Å². The molecule has 0 fully saturated rings. The summed E-state index contributed by atoms with van der Waals surface area (Å²) >= 11 is 0. The molecule has 0 spiro atoms. The quantitative estimate of drug-likeness (QED) is 0.755. The van der Waals surface area contributed by atoms with Crippen LogP contribution in [0.2, 0.25) is 0 Å². The van der Waals surface area contributed by atoms with Crippen molar-refractivity contribution in [2.45, 2.75) is 26.2 Å². The fraction of sp³-hybridized carbons (Fsp3) is 0.278. The molecule has 0 unspecified atom stereocenters. The summed E-state index contributed by atoms with van der Waals surface area (Å²) in [6, 6.07) is 11.1. The van der Waals surface area contributed by atoms with E-state index in [-0.39, 0.29) is 29.4 Å². The molecule has 122 valence electrons. The summed E-state index contributed by atoms with van der Waals surface area (Å²) in [4.78, 5) is 12.0. The maximum absolute atomic E-state index is 12.0. The van der Waals surface area contributed by atoms with Gasteiger partial charge in [0.15, 0.2) is 6.61 Å². The van der Waals surface area contributed by atoms with E-state index in [2.05, 4.69) is 5.32 Å². The molecular formula is C18H21NO4. The van der Waals surface area contributed by atoms with Crippen LogP contribution in [0.5, 0.6) is 17.2 Å². The van der Waals surface area contributed by atoms with Gasteiger partial charge >= 0.3 is 0 Å². The van der Waals surface area contributed by atoms with Crippen molar-refractivity contribution in [2.24, 2.45) is 0 Å². The fourth-order valence-electron chi connectivity index (χ4n) is 2.14. The third-order valence-electron chi connectivity index (χ3n) is 3.28. The molecule has 0 aromatic heterocycles. The number of rotatable bonds is 4. The Morgan fingerprint density at radius 3 is 2.26 bits per heavy atom. The topological polar surface area (TPSA) is 78.8 Å². The highest BCUT2D eigenvalue weighted by Crippen LogP contribution is 2.33. The molecule has 0 radical (unpaired) electrons. The molecule has 5 heteroatoms. The first-order valence-corrected chi connectivity index (χ1v) is 7.31. The van der Waals surface area contributed by atoms with Gasteiger partial charge in [-0.25, -0.2) is 0 Å². The monoisotopic (exact) mass is 315 g/mol. The number of carbonyl (C=O) groups excluding carboxylic acids is 1. The van der Waals surface area contributed by atoms with Gasteiger partial charge < -0.3 is 20.3 Å². The summed E-state index contributed by atoms with van der Waals surface area (Å²) in [5, 5.41) is 21.5. The molecule has 5 nitrogen and oxygen atoms in total. The van der Waals surface area contributed by atoms with Crippen LogP contribution >= 0.6 is 0 Å². The Labute approximate surface area is 135 Å². The second kappa shape index (κ2) is 6.60. The highest BCUT2D eigenvalue weighted by Gasteiger charge is 2.20. The van der Waals surface area contributed by atoms with Gasteiger partial charge in [-0.2, -0.15) is 0 Å². The van der Waals surface area contributed by atoms with E-state index in [1.807, 2.05) is 20.8 Å². The molecule has 3 N–H and O–H groups in total. The van der Waals surface area contributed by atoms with Crippen LogP contribution in [-0.2, 0) is 10.2 Å². The summed E-state index contributed by atoms with van der Waals surface area (Å²) in [7, 11) is 0. The summed E-state index contributed by atoms with van der Waals surface area (Å²) in [6.45, 7) is 5.92. The van der Waals surface area contributed by atoms with Crippen molar-refractivity contribution in [3.8, 4) is 17.2 Å². The standard InChI is InChI=1S/C18H21NO4/c1-18(2,3)15-9-8-14(21)10-16(15)23-11-17(22)19-12-4-6-13(20)7-5-12/h4-10,20-21H,11H2,1-3H3,(H,19,22). The lowest BCUT2D eigenvalue weighted by Crippen LogP contribution is -2.21. The van der Waals surface area contributed by atoms with E-state index in [0.29, 0.717) is 11.4 Å². The number of aromatic hydroxyl groups is 2. The third kappa shape index (κ3) is 4.64. The molecule has 0 atom stereocenters. The molecule has 2 aromatic carbocycles. The number of amides is 1. The largest absolute Gasteiger partial charge is 0.508 e. The first-order chi connectivity index (χ1) is 10.8. The van der Waals surface area contributed by atoms with Crippen LogP contribution in [0.4, 0.5) is 5.69 Å². The Morgan fingerprint density at radius 1 is 1.04 bits per heavy atom. The molecule has 0 saturated carbocycles. The average molecular weight is 315 g/mol. The van der Waals surface area contributed by atoms with Gasteiger partial charge in [0.05, 0.1) is 0 Å². The zero-order valence-electron chi connectivity index (χ0n) is 13.5.